The molecule has 0 amide bonds. The van der Waals surface area contributed by atoms with Crippen molar-refractivity contribution in [2.24, 2.45) is 0 Å². The van der Waals surface area contributed by atoms with Crippen molar-refractivity contribution < 1.29 is 8.42 Å². The summed E-state index contributed by atoms with van der Waals surface area (Å²) < 4.78 is 21.8. The van der Waals surface area contributed by atoms with Gasteiger partial charge in [0, 0.05) is 16.8 Å². The van der Waals surface area contributed by atoms with Gasteiger partial charge in [-0.25, -0.2) is 8.42 Å². The highest BCUT2D eigenvalue weighted by Crippen LogP contribution is 2.29. The number of sulfone groups is 1. The third-order valence-electron chi connectivity index (χ3n) is 1.87. The molecule has 3 nitrogen and oxygen atoms in total. The molecule has 0 atom stereocenters. The molecule has 1 aromatic carbocycles. The largest absolute Gasteiger partial charge is 0.399 e. The topological polar surface area (TPSA) is 60.2 Å². The van der Waals surface area contributed by atoms with Crippen molar-refractivity contribution in [1.29, 1.82) is 0 Å². The Morgan fingerprint density at radius 1 is 1.44 bits per heavy atom. The predicted octanol–water partition coefficient (Wildman–Crippen LogP) is 2.45. The van der Waals surface area contributed by atoms with Gasteiger partial charge < -0.3 is 5.73 Å². The van der Waals surface area contributed by atoms with Crippen LogP contribution in [0.1, 0.15) is 6.42 Å². The van der Waals surface area contributed by atoms with Gasteiger partial charge in [0.25, 0.3) is 0 Å². The third kappa shape index (κ3) is 5.09. The van der Waals surface area contributed by atoms with Gasteiger partial charge in [0.1, 0.15) is 9.84 Å². The molecule has 1 rings (SSSR count). The maximum absolute atomic E-state index is 10.9. The first kappa shape index (κ1) is 13.7. The van der Waals surface area contributed by atoms with Crippen LogP contribution >= 0.6 is 23.4 Å². The second-order valence-electron chi connectivity index (χ2n) is 3.52. The van der Waals surface area contributed by atoms with Crippen molar-refractivity contribution in [2.45, 2.75) is 11.3 Å². The van der Waals surface area contributed by atoms with E-state index < -0.39 is 9.84 Å². The van der Waals surface area contributed by atoms with E-state index in [2.05, 4.69) is 0 Å². The first-order valence-electron chi connectivity index (χ1n) is 4.74. The number of halogens is 1. The molecule has 0 saturated carbocycles. The van der Waals surface area contributed by atoms with Crippen LogP contribution < -0.4 is 5.73 Å². The lowest BCUT2D eigenvalue weighted by Crippen LogP contribution is -2.03. The van der Waals surface area contributed by atoms with E-state index in [-0.39, 0.29) is 5.75 Å². The zero-order valence-corrected chi connectivity index (χ0v) is 11.3. The molecular formula is C10H14ClNO2S2. The summed E-state index contributed by atoms with van der Waals surface area (Å²) in [4.78, 5) is 0.898. The van der Waals surface area contributed by atoms with Crippen molar-refractivity contribution in [2.75, 3.05) is 23.5 Å². The number of thioether (sulfide) groups is 1. The number of nitrogen functional groups attached to an aromatic ring is 1. The first-order valence-corrected chi connectivity index (χ1v) is 8.16. The summed E-state index contributed by atoms with van der Waals surface area (Å²) in [6.07, 6.45) is 1.86. The van der Waals surface area contributed by atoms with E-state index in [0.29, 0.717) is 17.1 Å². The highest BCUT2D eigenvalue weighted by atomic mass is 35.5. The molecule has 0 aliphatic heterocycles. The van der Waals surface area contributed by atoms with Crippen LogP contribution in [0.4, 0.5) is 5.69 Å². The number of hydrogen-bond acceptors (Lipinski definition) is 4. The van der Waals surface area contributed by atoms with E-state index >= 15 is 0 Å². The fraction of sp³-hybridized carbons (Fsp3) is 0.400. The number of anilines is 1. The lowest BCUT2D eigenvalue weighted by atomic mass is 10.3. The molecule has 0 unspecified atom stereocenters. The van der Waals surface area contributed by atoms with Gasteiger partial charge >= 0.3 is 0 Å². The molecule has 0 fully saturated rings. The molecule has 0 spiro atoms. The van der Waals surface area contributed by atoms with Crippen LogP contribution in [0.2, 0.25) is 5.02 Å². The molecule has 0 bridgehead atoms. The van der Waals surface area contributed by atoms with Crippen LogP contribution in [0.5, 0.6) is 0 Å². The average Bonchev–Trinajstić information content (AvgIpc) is 2.16. The molecule has 0 heterocycles. The zero-order valence-electron chi connectivity index (χ0n) is 8.94. The van der Waals surface area contributed by atoms with E-state index in [9.17, 15) is 8.42 Å². The Labute approximate surface area is 105 Å². The van der Waals surface area contributed by atoms with Crippen molar-refractivity contribution >= 4 is 38.9 Å². The Kier molecular flexibility index (Phi) is 4.95. The molecule has 0 aromatic heterocycles. The average molecular weight is 280 g/mol. The summed E-state index contributed by atoms with van der Waals surface area (Å²) in [5.41, 5.74) is 6.30. The summed E-state index contributed by atoms with van der Waals surface area (Å²) in [6, 6.07) is 5.28. The Balaban J connectivity index is 2.46. The van der Waals surface area contributed by atoms with Gasteiger partial charge in [-0.1, -0.05) is 11.6 Å². The first-order chi connectivity index (χ1) is 7.38. The van der Waals surface area contributed by atoms with E-state index in [1.807, 2.05) is 0 Å². The number of benzene rings is 1. The Hall–Kier alpha value is -0.390. The van der Waals surface area contributed by atoms with Crippen LogP contribution in [-0.2, 0) is 9.84 Å². The van der Waals surface area contributed by atoms with Crippen LogP contribution in [0.3, 0.4) is 0 Å². The molecular weight excluding hydrogens is 266 g/mol. The minimum absolute atomic E-state index is 0.208. The molecule has 90 valence electrons. The zero-order chi connectivity index (χ0) is 12.2. The molecule has 0 aliphatic carbocycles. The molecule has 0 aliphatic rings. The Morgan fingerprint density at radius 2 is 2.12 bits per heavy atom. The summed E-state index contributed by atoms with van der Waals surface area (Å²) in [5, 5.41) is 0.651. The van der Waals surface area contributed by atoms with E-state index in [1.54, 1.807) is 18.2 Å². The van der Waals surface area contributed by atoms with E-state index in [1.165, 1.54) is 18.0 Å². The van der Waals surface area contributed by atoms with Gasteiger partial charge in [0.05, 0.1) is 10.8 Å². The van der Waals surface area contributed by atoms with Gasteiger partial charge in [0.15, 0.2) is 0 Å². The molecule has 0 saturated heterocycles. The summed E-state index contributed by atoms with van der Waals surface area (Å²) in [7, 11) is -2.87. The standard InChI is InChI=1S/C10H14ClNO2S2/c1-16(13,14)6-2-5-15-10-7-8(12)3-4-9(10)11/h3-4,7H,2,5-6,12H2,1H3. The molecule has 6 heteroatoms. The highest BCUT2D eigenvalue weighted by Gasteiger charge is 2.04. The highest BCUT2D eigenvalue weighted by molar-refractivity contribution is 7.99. The fourth-order valence-corrected chi connectivity index (χ4v) is 3.20. The van der Waals surface area contributed by atoms with Crippen molar-refractivity contribution in [3.8, 4) is 0 Å². The summed E-state index contributed by atoms with van der Waals surface area (Å²) in [5.74, 6) is 0.927. The Bertz CT molecular complexity index is 460. The minimum Gasteiger partial charge on any atom is -0.399 e. The van der Waals surface area contributed by atoms with Gasteiger partial charge in [-0.2, -0.15) is 0 Å². The molecule has 1 aromatic rings. The monoisotopic (exact) mass is 279 g/mol. The lowest BCUT2D eigenvalue weighted by Gasteiger charge is -2.04. The maximum Gasteiger partial charge on any atom is 0.147 e. The van der Waals surface area contributed by atoms with Crippen molar-refractivity contribution in [3.63, 3.8) is 0 Å². The smallest absolute Gasteiger partial charge is 0.147 e. The fourth-order valence-electron chi connectivity index (χ4n) is 1.13. The maximum atomic E-state index is 10.9. The molecule has 2 N–H and O–H groups in total. The summed E-state index contributed by atoms with van der Waals surface area (Å²) >= 11 is 7.50. The van der Waals surface area contributed by atoms with Crippen molar-refractivity contribution in [3.05, 3.63) is 23.2 Å². The van der Waals surface area contributed by atoms with Gasteiger partial charge in [-0.3, -0.25) is 0 Å². The number of rotatable bonds is 5. The SMILES string of the molecule is CS(=O)(=O)CCCSc1cc(N)ccc1Cl. The quantitative estimate of drug-likeness (QED) is 0.511. The molecule has 0 radical (unpaired) electrons. The van der Waals surface area contributed by atoms with E-state index in [4.69, 9.17) is 17.3 Å². The second-order valence-corrected chi connectivity index (χ2v) is 7.33. The second kappa shape index (κ2) is 5.80. The van der Waals surface area contributed by atoms with Crippen LogP contribution in [-0.4, -0.2) is 26.2 Å². The van der Waals surface area contributed by atoms with Gasteiger partial charge in [-0.15, -0.1) is 11.8 Å². The number of nitrogens with two attached hydrogens (primary N) is 1. The van der Waals surface area contributed by atoms with Gasteiger partial charge in [-0.05, 0) is 30.4 Å². The lowest BCUT2D eigenvalue weighted by molar-refractivity contribution is 0.600. The van der Waals surface area contributed by atoms with Crippen LogP contribution in [0, 0.1) is 0 Å². The normalized spacial score (nSPS) is 11.6. The minimum atomic E-state index is -2.87. The third-order valence-corrected chi connectivity index (χ3v) is 4.49. The van der Waals surface area contributed by atoms with Crippen LogP contribution in [0.25, 0.3) is 0 Å². The molecule has 16 heavy (non-hydrogen) atoms. The summed E-state index contributed by atoms with van der Waals surface area (Å²) in [6.45, 7) is 0. The van der Waals surface area contributed by atoms with Crippen LogP contribution in [0.15, 0.2) is 23.1 Å². The Morgan fingerprint density at radius 3 is 2.75 bits per heavy atom. The van der Waals surface area contributed by atoms with Gasteiger partial charge in [0.2, 0.25) is 0 Å². The van der Waals surface area contributed by atoms with E-state index in [0.717, 1.165) is 10.6 Å². The van der Waals surface area contributed by atoms with Crippen molar-refractivity contribution in [1.82, 2.24) is 0 Å². The number of hydrogen-bond donors (Lipinski definition) is 1. The predicted molar refractivity (Wildman–Crippen MR) is 70.9 cm³/mol.